The lowest BCUT2D eigenvalue weighted by Gasteiger charge is -2.22. The number of aliphatic hydroxyl groups excluding tert-OH is 1. The number of hydrogen-bond acceptors (Lipinski definition) is 3. The van der Waals surface area contributed by atoms with Crippen molar-refractivity contribution in [1.82, 2.24) is 4.90 Å². The number of halogens is 2. The summed E-state index contributed by atoms with van der Waals surface area (Å²) in [6.45, 7) is 7.38. The number of likely N-dealkylation sites (N-methyl/N-ethyl adjacent to an activating group) is 1. The Morgan fingerprint density at radius 1 is 1.39 bits per heavy atom. The zero-order chi connectivity index (χ0) is 13.5. The van der Waals surface area contributed by atoms with E-state index < -0.39 is 0 Å². The van der Waals surface area contributed by atoms with Crippen molar-refractivity contribution in [3.63, 3.8) is 0 Å². The highest BCUT2D eigenvalue weighted by Crippen LogP contribution is 2.22. The molecule has 0 aliphatic heterocycles. The number of nitrogens with one attached hydrogen (secondary N) is 1. The second kappa shape index (κ2) is 8.19. The fourth-order valence-electron chi connectivity index (χ4n) is 1.71. The summed E-state index contributed by atoms with van der Waals surface area (Å²) >= 11 is 8.13. The molecule has 0 radical (unpaired) electrons. The second-order valence-electron chi connectivity index (χ2n) is 4.14. The van der Waals surface area contributed by atoms with Gasteiger partial charge in [0.2, 0.25) is 0 Å². The van der Waals surface area contributed by atoms with Gasteiger partial charge in [0.05, 0.1) is 6.10 Å². The maximum Gasteiger partial charge on any atom is 0.0839 e. The Bertz CT molecular complexity index is 372. The molecule has 0 bridgehead atoms. The zero-order valence-corrected chi connectivity index (χ0v) is 13.7. The second-order valence-corrected chi connectivity index (χ2v) is 5.74. The number of benzene rings is 1. The van der Waals surface area contributed by atoms with E-state index in [1.807, 2.05) is 18.2 Å². The average molecular weight is 383 g/mol. The lowest BCUT2D eigenvalue weighted by atomic mass is 10.2. The van der Waals surface area contributed by atoms with Gasteiger partial charge < -0.3 is 15.3 Å². The van der Waals surface area contributed by atoms with E-state index in [2.05, 4.69) is 46.7 Å². The molecule has 0 amide bonds. The van der Waals surface area contributed by atoms with Crippen LogP contribution in [0.5, 0.6) is 0 Å². The van der Waals surface area contributed by atoms with Gasteiger partial charge in [-0.2, -0.15) is 0 Å². The van der Waals surface area contributed by atoms with E-state index in [0.29, 0.717) is 13.1 Å². The Labute approximate surface area is 128 Å². The standard InChI is InChI=1S/C13H20ClIN2O/c1-3-17(4-2)9-11(18)8-16-13-6-5-10(14)7-12(13)15/h5-7,11,16,18H,3-4,8-9H2,1-2H3. The first-order valence-electron chi connectivity index (χ1n) is 6.16. The molecule has 102 valence electrons. The van der Waals surface area contributed by atoms with Crippen molar-refractivity contribution >= 4 is 39.9 Å². The van der Waals surface area contributed by atoms with Crippen LogP contribution in [-0.4, -0.2) is 42.3 Å². The van der Waals surface area contributed by atoms with Crippen LogP contribution in [0.1, 0.15) is 13.8 Å². The number of nitrogens with zero attached hydrogens (tertiary/aromatic N) is 1. The van der Waals surface area contributed by atoms with Gasteiger partial charge in [-0.1, -0.05) is 25.4 Å². The van der Waals surface area contributed by atoms with Crippen molar-refractivity contribution < 1.29 is 5.11 Å². The van der Waals surface area contributed by atoms with Gasteiger partial charge in [0, 0.05) is 27.4 Å². The predicted molar refractivity (Wildman–Crippen MR) is 86.5 cm³/mol. The third-order valence-electron chi connectivity index (χ3n) is 2.82. The molecule has 2 N–H and O–H groups in total. The summed E-state index contributed by atoms with van der Waals surface area (Å²) in [5.74, 6) is 0. The third kappa shape index (κ3) is 5.30. The Balaban J connectivity index is 2.44. The molecule has 0 aromatic heterocycles. The third-order valence-corrected chi connectivity index (χ3v) is 3.95. The molecule has 0 fully saturated rings. The van der Waals surface area contributed by atoms with Crippen molar-refractivity contribution in [3.8, 4) is 0 Å². The van der Waals surface area contributed by atoms with E-state index in [1.54, 1.807) is 0 Å². The molecule has 5 heteroatoms. The molecule has 1 atom stereocenters. The maximum atomic E-state index is 9.96. The van der Waals surface area contributed by atoms with E-state index in [-0.39, 0.29) is 6.10 Å². The molecule has 18 heavy (non-hydrogen) atoms. The lowest BCUT2D eigenvalue weighted by molar-refractivity contribution is 0.128. The zero-order valence-electron chi connectivity index (χ0n) is 10.8. The fraction of sp³-hybridized carbons (Fsp3) is 0.538. The van der Waals surface area contributed by atoms with Crippen LogP contribution in [0.2, 0.25) is 5.02 Å². The molecule has 0 saturated heterocycles. The highest BCUT2D eigenvalue weighted by molar-refractivity contribution is 14.1. The first-order valence-corrected chi connectivity index (χ1v) is 7.61. The van der Waals surface area contributed by atoms with Crippen LogP contribution in [0.15, 0.2) is 18.2 Å². The summed E-state index contributed by atoms with van der Waals surface area (Å²) in [6, 6.07) is 5.69. The van der Waals surface area contributed by atoms with Gasteiger partial charge in [0.15, 0.2) is 0 Å². The highest BCUT2D eigenvalue weighted by Gasteiger charge is 2.09. The van der Waals surface area contributed by atoms with Gasteiger partial charge >= 0.3 is 0 Å². The normalized spacial score (nSPS) is 12.8. The molecular formula is C13H20ClIN2O. The summed E-state index contributed by atoms with van der Waals surface area (Å²) in [4.78, 5) is 2.21. The summed E-state index contributed by atoms with van der Waals surface area (Å²) in [7, 11) is 0. The van der Waals surface area contributed by atoms with E-state index in [0.717, 1.165) is 27.4 Å². The van der Waals surface area contributed by atoms with Crippen molar-refractivity contribution in [2.24, 2.45) is 0 Å². The lowest BCUT2D eigenvalue weighted by Crippen LogP contribution is -2.36. The van der Waals surface area contributed by atoms with Gasteiger partial charge in [-0.15, -0.1) is 0 Å². The smallest absolute Gasteiger partial charge is 0.0839 e. The summed E-state index contributed by atoms with van der Waals surface area (Å²) in [6.07, 6.45) is -0.364. The molecule has 1 rings (SSSR count). The minimum Gasteiger partial charge on any atom is -0.390 e. The Hall–Kier alpha value is -0.0400. The maximum absolute atomic E-state index is 9.96. The molecule has 0 spiro atoms. The number of aliphatic hydroxyl groups is 1. The van der Waals surface area contributed by atoms with Crippen LogP contribution < -0.4 is 5.32 Å². The number of anilines is 1. The molecule has 0 heterocycles. The SMILES string of the molecule is CCN(CC)CC(O)CNc1ccc(Cl)cc1I. The summed E-state index contributed by atoms with van der Waals surface area (Å²) in [5, 5.41) is 13.9. The summed E-state index contributed by atoms with van der Waals surface area (Å²) in [5.41, 5.74) is 1.01. The van der Waals surface area contributed by atoms with E-state index >= 15 is 0 Å². The first-order chi connectivity index (χ1) is 8.56. The van der Waals surface area contributed by atoms with Crippen molar-refractivity contribution in [2.45, 2.75) is 20.0 Å². The van der Waals surface area contributed by atoms with Crippen LogP contribution in [0.4, 0.5) is 5.69 Å². The van der Waals surface area contributed by atoms with Crippen LogP contribution in [0.3, 0.4) is 0 Å². The highest BCUT2D eigenvalue weighted by atomic mass is 127. The van der Waals surface area contributed by atoms with Crippen LogP contribution in [0.25, 0.3) is 0 Å². The van der Waals surface area contributed by atoms with E-state index in [9.17, 15) is 5.11 Å². The molecular weight excluding hydrogens is 363 g/mol. The van der Waals surface area contributed by atoms with Crippen LogP contribution in [0, 0.1) is 3.57 Å². The molecule has 1 aromatic carbocycles. The van der Waals surface area contributed by atoms with E-state index in [1.165, 1.54) is 0 Å². The Morgan fingerprint density at radius 3 is 2.61 bits per heavy atom. The Morgan fingerprint density at radius 2 is 2.06 bits per heavy atom. The van der Waals surface area contributed by atoms with Gasteiger partial charge in [-0.05, 0) is 53.9 Å². The number of hydrogen-bond donors (Lipinski definition) is 2. The minimum atomic E-state index is -0.364. The van der Waals surface area contributed by atoms with Gasteiger partial charge in [-0.3, -0.25) is 0 Å². The molecule has 0 saturated carbocycles. The van der Waals surface area contributed by atoms with Crippen molar-refractivity contribution in [2.75, 3.05) is 31.5 Å². The van der Waals surface area contributed by atoms with Crippen molar-refractivity contribution in [3.05, 3.63) is 26.8 Å². The molecule has 1 aromatic rings. The van der Waals surface area contributed by atoms with Crippen LogP contribution in [-0.2, 0) is 0 Å². The first kappa shape index (κ1) is 16.0. The van der Waals surface area contributed by atoms with Gasteiger partial charge in [0.25, 0.3) is 0 Å². The average Bonchev–Trinajstić information content (AvgIpc) is 2.35. The summed E-state index contributed by atoms with van der Waals surface area (Å²) < 4.78 is 1.06. The fourth-order valence-corrected chi connectivity index (χ4v) is 2.77. The predicted octanol–water partition coefficient (Wildman–Crippen LogP) is 3.06. The van der Waals surface area contributed by atoms with E-state index in [4.69, 9.17) is 11.6 Å². The number of rotatable bonds is 7. The quantitative estimate of drug-likeness (QED) is 0.712. The molecule has 1 unspecified atom stereocenters. The van der Waals surface area contributed by atoms with Crippen LogP contribution >= 0.6 is 34.2 Å². The monoisotopic (exact) mass is 382 g/mol. The topological polar surface area (TPSA) is 35.5 Å². The molecule has 3 nitrogen and oxygen atoms in total. The largest absolute Gasteiger partial charge is 0.390 e. The van der Waals surface area contributed by atoms with Crippen molar-refractivity contribution in [1.29, 1.82) is 0 Å². The Kier molecular flexibility index (Phi) is 7.29. The van der Waals surface area contributed by atoms with Gasteiger partial charge in [0.1, 0.15) is 0 Å². The minimum absolute atomic E-state index is 0.364. The van der Waals surface area contributed by atoms with Gasteiger partial charge in [-0.25, -0.2) is 0 Å². The molecule has 0 aliphatic rings. The molecule has 0 aliphatic carbocycles.